The highest BCUT2D eigenvalue weighted by Gasteiger charge is 2.32. The molecule has 2 aromatic rings. The third kappa shape index (κ3) is 12.0. The summed E-state index contributed by atoms with van der Waals surface area (Å²) in [6, 6.07) is 3.05. The smallest absolute Gasteiger partial charge is 0.326 e. The van der Waals surface area contributed by atoms with Crippen LogP contribution in [0.15, 0.2) is 40.4 Å². The van der Waals surface area contributed by atoms with Crippen LogP contribution in [0, 0.1) is 5.92 Å². The minimum Gasteiger partial charge on any atom is -0.480 e. The molecular weight excluding hydrogens is 582 g/mol. The SMILES string of the molecule is CCC(C)C(NC(=O)C(N)CCCN=C(N)N)C(=O)NC(CCCN=C(N)N)C(=O)NC(Cc1c[nH]c2ccccc12)C(=O)O. The fourth-order valence-electron chi connectivity index (χ4n) is 4.64. The van der Waals surface area contributed by atoms with Gasteiger partial charge in [-0.2, -0.15) is 0 Å². The quantitative estimate of drug-likeness (QED) is 0.0499. The highest BCUT2D eigenvalue weighted by Crippen LogP contribution is 2.19. The number of H-pyrrole nitrogens is 1. The molecule has 1 aromatic carbocycles. The average Bonchev–Trinajstić information content (AvgIpc) is 3.40. The minimum absolute atomic E-state index is 0.00633. The van der Waals surface area contributed by atoms with Crippen LogP contribution < -0.4 is 44.6 Å². The molecule has 15 N–H and O–H groups in total. The molecule has 0 aliphatic heterocycles. The molecule has 1 heterocycles. The first-order valence-corrected chi connectivity index (χ1v) is 14.9. The number of carboxylic acids is 1. The lowest BCUT2D eigenvalue weighted by Crippen LogP contribution is -2.58. The van der Waals surface area contributed by atoms with Gasteiger partial charge in [-0.25, -0.2) is 4.79 Å². The number of aliphatic imine (C=N–C) groups is 2. The van der Waals surface area contributed by atoms with Crippen LogP contribution in [-0.4, -0.2) is 83.0 Å². The number of rotatable bonds is 19. The number of aromatic nitrogens is 1. The van der Waals surface area contributed by atoms with Crippen LogP contribution in [0.2, 0.25) is 0 Å². The lowest BCUT2D eigenvalue weighted by molar-refractivity contribution is -0.142. The van der Waals surface area contributed by atoms with Crippen molar-refractivity contribution in [3.05, 3.63) is 36.0 Å². The van der Waals surface area contributed by atoms with E-state index in [9.17, 15) is 24.3 Å². The summed E-state index contributed by atoms with van der Waals surface area (Å²) in [6.07, 6.45) is 3.37. The predicted molar refractivity (Wildman–Crippen MR) is 173 cm³/mol. The Balaban J connectivity index is 2.19. The van der Waals surface area contributed by atoms with Crippen LogP contribution in [0.25, 0.3) is 10.9 Å². The van der Waals surface area contributed by atoms with Crippen molar-refractivity contribution < 1.29 is 24.3 Å². The molecule has 16 heteroatoms. The maximum absolute atomic E-state index is 13.5. The van der Waals surface area contributed by atoms with E-state index in [0.717, 1.165) is 10.9 Å². The number of amides is 3. The molecule has 1 aromatic heterocycles. The second-order valence-corrected chi connectivity index (χ2v) is 10.9. The zero-order valence-electron chi connectivity index (χ0n) is 25.8. The van der Waals surface area contributed by atoms with Gasteiger partial charge in [-0.05, 0) is 43.2 Å². The van der Waals surface area contributed by atoms with Crippen LogP contribution >= 0.6 is 0 Å². The van der Waals surface area contributed by atoms with Crippen LogP contribution in [0.3, 0.4) is 0 Å². The fraction of sp³-hybridized carbons (Fsp3) is 0.517. The van der Waals surface area contributed by atoms with E-state index in [1.165, 1.54) is 0 Å². The number of nitrogens with one attached hydrogen (secondary N) is 4. The fourth-order valence-corrected chi connectivity index (χ4v) is 4.64. The monoisotopic (exact) mass is 629 g/mol. The number of hydrogen-bond acceptors (Lipinski definition) is 7. The Kier molecular flexibility index (Phi) is 14.6. The van der Waals surface area contributed by atoms with Crippen molar-refractivity contribution in [1.29, 1.82) is 0 Å². The lowest BCUT2D eigenvalue weighted by Gasteiger charge is -2.28. The maximum atomic E-state index is 13.5. The first-order chi connectivity index (χ1) is 21.3. The number of aromatic amines is 1. The molecule has 5 unspecified atom stereocenters. The van der Waals surface area contributed by atoms with Gasteiger partial charge in [-0.15, -0.1) is 0 Å². The Bertz CT molecular complexity index is 1350. The number of hydrogen-bond donors (Lipinski definition) is 10. The van der Waals surface area contributed by atoms with Gasteiger partial charge in [-0.1, -0.05) is 38.5 Å². The predicted octanol–water partition coefficient (Wildman–Crippen LogP) is -1.27. The molecule has 45 heavy (non-hydrogen) atoms. The summed E-state index contributed by atoms with van der Waals surface area (Å²) in [5.41, 5.74) is 29.0. The van der Waals surface area contributed by atoms with Gasteiger partial charge in [0.1, 0.15) is 18.1 Å². The lowest BCUT2D eigenvalue weighted by atomic mass is 9.96. The van der Waals surface area contributed by atoms with Crippen molar-refractivity contribution >= 4 is 46.5 Å². The molecule has 0 fully saturated rings. The van der Waals surface area contributed by atoms with Gasteiger partial charge < -0.3 is 54.7 Å². The van der Waals surface area contributed by atoms with Crippen molar-refractivity contribution in [2.45, 2.75) is 76.5 Å². The molecule has 0 bridgehead atoms. The summed E-state index contributed by atoms with van der Waals surface area (Å²) in [5, 5.41) is 18.7. The molecule has 2 rings (SSSR count). The van der Waals surface area contributed by atoms with Crippen molar-refractivity contribution in [2.75, 3.05) is 13.1 Å². The summed E-state index contributed by atoms with van der Waals surface area (Å²) in [4.78, 5) is 63.0. The van der Waals surface area contributed by atoms with Gasteiger partial charge in [0.05, 0.1) is 6.04 Å². The van der Waals surface area contributed by atoms with Crippen molar-refractivity contribution in [1.82, 2.24) is 20.9 Å². The van der Waals surface area contributed by atoms with E-state index in [2.05, 4.69) is 30.9 Å². The summed E-state index contributed by atoms with van der Waals surface area (Å²) < 4.78 is 0. The third-order valence-electron chi connectivity index (χ3n) is 7.39. The van der Waals surface area contributed by atoms with E-state index in [-0.39, 0.29) is 43.6 Å². The van der Waals surface area contributed by atoms with Crippen molar-refractivity contribution in [2.24, 2.45) is 44.6 Å². The largest absolute Gasteiger partial charge is 0.480 e. The molecule has 16 nitrogen and oxygen atoms in total. The molecule has 0 saturated carbocycles. The Morgan fingerprint density at radius 2 is 1.47 bits per heavy atom. The molecule has 0 aliphatic carbocycles. The van der Waals surface area contributed by atoms with E-state index in [1.807, 2.05) is 31.2 Å². The van der Waals surface area contributed by atoms with Crippen molar-refractivity contribution in [3.8, 4) is 0 Å². The number of carbonyl (C=O) groups excluding carboxylic acids is 3. The molecule has 0 saturated heterocycles. The number of carboxylic acid groups (broad SMARTS) is 1. The van der Waals surface area contributed by atoms with E-state index in [0.29, 0.717) is 31.4 Å². The average molecular weight is 630 g/mol. The number of carbonyl (C=O) groups is 4. The van der Waals surface area contributed by atoms with Gasteiger partial charge in [0.2, 0.25) is 17.7 Å². The Morgan fingerprint density at radius 1 is 0.867 bits per heavy atom. The Hall–Kier alpha value is -4.86. The van der Waals surface area contributed by atoms with E-state index < -0.39 is 47.9 Å². The summed E-state index contributed by atoms with van der Waals surface area (Å²) in [5.74, 6) is -3.61. The standard InChI is InChI=1S/C29H47N11O5/c1-3-16(2)23(40-24(41)19(30)9-6-12-35-28(31)32)26(43)38-21(11-7-13-36-29(33)34)25(42)39-22(27(44)45)14-17-15-37-20-10-5-4-8-18(17)20/h4-5,8,10,15-16,19,21-23,37H,3,6-7,9,11-14,30H2,1-2H3,(H,38,43)(H,39,42)(H,40,41)(H,44,45)(H4,31,32,35)(H4,33,34,36). The number of guanidine groups is 2. The summed E-state index contributed by atoms with van der Waals surface area (Å²) in [7, 11) is 0. The second-order valence-electron chi connectivity index (χ2n) is 10.9. The number of aliphatic carboxylic acids is 1. The van der Waals surface area contributed by atoms with Gasteiger partial charge in [0.15, 0.2) is 11.9 Å². The highest BCUT2D eigenvalue weighted by molar-refractivity contribution is 5.94. The number of fused-ring (bicyclic) bond motifs is 1. The summed E-state index contributed by atoms with van der Waals surface area (Å²) in [6.45, 7) is 4.12. The molecule has 3 amide bonds. The first kappa shape index (κ1) is 36.3. The van der Waals surface area contributed by atoms with Crippen LogP contribution in [0.5, 0.6) is 0 Å². The highest BCUT2D eigenvalue weighted by atomic mass is 16.4. The molecule has 0 aliphatic rings. The number of nitrogens with zero attached hydrogens (tertiary/aromatic N) is 2. The normalized spacial score (nSPS) is 14.3. The van der Waals surface area contributed by atoms with Gasteiger partial charge >= 0.3 is 5.97 Å². The number of nitrogens with two attached hydrogens (primary N) is 5. The first-order valence-electron chi connectivity index (χ1n) is 14.9. The molecule has 248 valence electrons. The number of benzene rings is 1. The Morgan fingerprint density at radius 3 is 2.07 bits per heavy atom. The van der Waals surface area contributed by atoms with E-state index in [4.69, 9.17) is 28.7 Å². The molecule has 0 radical (unpaired) electrons. The Labute approximate surface area is 262 Å². The number of para-hydroxylation sites is 1. The van der Waals surface area contributed by atoms with Crippen LogP contribution in [0.1, 0.15) is 51.5 Å². The van der Waals surface area contributed by atoms with Crippen LogP contribution in [-0.2, 0) is 25.6 Å². The second kappa shape index (κ2) is 18.1. The van der Waals surface area contributed by atoms with Crippen molar-refractivity contribution in [3.63, 3.8) is 0 Å². The molecule has 5 atom stereocenters. The molecule has 0 spiro atoms. The third-order valence-corrected chi connectivity index (χ3v) is 7.39. The van der Waals surface area contributed by atoms with Gasteiger partial charge in [0.25, 0.3) is 0 Å². The summed E-state index contributed by atoms with van der Waals surface area (Å²) >= 11 is 0. The topological polar surface area (TPSA) is 295 Å². The zero-order chi connectivity index (χ0) is 33.5. The van der Waals surface area contributed by atoms with E-state index >= 15 is 0 Å². The van der Waals surface area contributed by atoms with Gasteiger partial charge in [-0.3, -0.25) is 24.4 Å². The van der Waals surface area contributed by atoms with Crippen LogP contribution in [0.4, 0.5) is 0 Å². The van der Waals surface area contributed by atoms with Gasteiger partial charge in [0, 0.05) is 36.6 Å². The van der Waals surface area contributed by atoms with E-state index in [1.54, 1.807) is 13.1 Å². The maximum Gasteiger partial charge on any atom is 0.326 e. The zero-order valence-corrected chi connectivity index (χ0v) is 25.8. The molecular formula is C29H47N11O5. The minimum atomic E-state index is -1.28.